The molecule has 0 amide bonds. The maximum atomic E-state index is 10.2. The molecule has 0 aliphatic carbocycles. The van der Waals surface area contributed by atoms with E-state index in [1.807, 2.05) is 32.0 Å². The van der Waals surface area contributed by atoms with Crippen molar-refractivity contribution in [1.82, 2.24) is 0 Å². The third-order valence-electron chi connectivity index (χ3n) is 2.80. The van der Waals surface area contributed by atoms with Gasteiger partial charge in [-0.2, -0.15) is 0 Å². The first kappa shape index (κ1) is 11.0. The third-order valence-corrected chi connectivity index (χ3v) is 2.80. The van der Waals surface area contributed by atoms with Crippen LogP contribution in [-0.2, 0) is 6.42 Å². The van der Waals surface area contributed by atoms with Crippen molar-refractivity contribution < 1.29 is 9.52 Å². The Balaban J connectivity index is 2.20. The Morgan fingerprint density at radius 2 is 2.06 bits per heavy atom. The molecule has 0 saturated heterocycles. The molecule has 0 saturated carbocycles. The van der Waals surface area contributed by atoms with Crippen molar-refractivity contribution in [1.29, 1.82) is 0 Å². The zero-order valence-electron chi connectivity index (χ0n) is 9.60. The lowest BCUT2D eigenvalue weighted by atomic mass is 9.97. The molecule has 0 bridgehead atoms. The molecule has 1 aromatic carbocycles. The largest absolute Gasteiger partial charge is 0.472 e. The second-order valence-corrected chi connectivity index (χ2v) is 4.21. The minimum absolute atomic E-state index is 0.461. The molecule has 1 N–H and O–H groups in total. The smallest absolute Gasteiger partial charge is 0.0935 e. The van der Waals surface area contributed by atoms with Gasteiger partial charge in [0.2, 0.25) is 0 Å². The Hall–Kier alpha value is -1.54. The van der Waals surface area contributed by atoms with E-state index in [1.54, 1.807) is 12.5 Å². The Kier molecular flexibility index (Phi) is 3.11. The van der Waals surface area contributed by atoms with Crippen LogP contribution in [0, 0.1) is 13.8 Å². The van der Waals surface area contributed by atoms with E-state index in [0.29, 0.717) is 6.42 Å². The summed E-state index contributed by atoms with van der Waals surface area (Å²) in [6.07, 6.45) is 3.44. The molecule has 0 aliphatic heterocycles. The van der Waals surface area contributed by atoms with Crippen molar-refractivity contribution in [3.63, 3.8) is 0 Å². The van der Waals surface area contributed by atoms with Gasteiger partial charge in [0, 0.05) is 6.42 Å². The van der Waals surface area contributed by atoms with Gasteiger partial charge in [-0.3, -0.25) is 0 Å². The minimum Gasteiger partial charge on any atom is -0.472 e. The van der Waals surface area contributed by atoms with Crippen LogP contribution in [0.5, 0.6) is 0 Å². The molecule has 16 heavy (non-hydrogen) atoms. The van der Waals surface area contributed by atoms with Gasteiger partial charge in [0.1, 0.15) is 0 Å². The summed E-state index contributed by atoms with van der Waals surface area (Å²) in [6, 6.07) is 8.03. The second kappa shape index (κ2) is 4.54. The van der Waals surface area contributed by atoms with Crippen LogP contribution in [0.4, 0.5) is 0 Å². The molecule has 2 rings (SSSR count). The molecular weight excluding hydrogens is 200 g/mol. The molecule has 0 aliphatic rings. The fourth-order valence-electron chi connectivity index (χ4n) is 1.86. The summed E-state index contributed by atoms with van der Waals surface area (Å²) < 4.78 is 4.99. The van der Waals surface area contributed by atoms with E-state index < -0.39 is 6.10 Å². The van der Waals surface area contributed by atoms with Gasteiger partial charge in [0.15, 0.2) is 0 Å². The Labute approximate surface area is 95.5 Å². The average molecular weight is 216 g/mol. The van der Waals surface area contributed by atoms with Crippen LogP contribution in [0.2, 0.25) is 0 Å². The van der Waals surface area contributed by atoms with Crippen molar-refractivity contribution in [2.75, 3.05) is 0 Å². The Morgan fingerprint density at radius 1 is 1.25 bits per heavy atom. The molecule has 0 radical (unpaired) electrons. The number of rotatable bonds is 3. The first-order chi connectivity index (χ1) is 7.66. The van der Waals surface area contributed by atoms with Gasteiger partial charge in [-0.15, -0.1) is 0 Å². The molecular formula is C14H16O2. The van der Waals surface area contributed by atoms with Crippen molar-refractivity contribution in [3.8, 4) is 0 Å². The number of furan rings is 1. The molecule has 1 unspecified atom stereocenters. The van der Waals surface area contributed by atoms with E-state index in [0.717, 1.165) is 16.7 Å². The normalized spacial score (nSPS) is 12.7. The lowest BCUT2D eigenvalue weighted by Gasteiger charge is -2.13. The summed E-state index contributed by atoms with van der Waals surface area (Å²) in [5.74, 6) is 0. The summed E-state index contributed by atoms with van der Waals surface area (Å²) in [6.45, 7) is 4.06. The quantitative estimate of drug-likeness (QED) is 0.854. The number of benzene rings is 1. The van der Waals surface area contributed by atoms with Crippen molar-refractivity contribution in [3.05, 3.63) is 59.0 Å². The molecule has 2 aromatic rings. The highest BCUT2D eigenvalue weighted by Gasteiger charge is 2.11. The van der Waals surface area contributed by atoms with Gasteiger partial charge < -0.3 is 9.52 Å². The van der Waals surface area contributed by atoms with Gasteiger partial charge in [0.25, 0.3) is 0 Å². The van der Waals surface area contributed by atoms with E-state index in [2.05, 4.69) is 6.07 Å². The summed E-state index contributed by atoms with van der Waals surface area (Å²) in [5.41, 5.74) is 4.32. The standard InChI is InChI=1S/C14H16O2/c1-10-3-4-11(2)13(7-10)14(15)8-12-5-6-16-9-12/h3-7,9,14-15H,8H2,1-2H3. The third kappa shape index (κ3) is 2.34. The number of aliphatic hydroxyl groups excluding tert-OH is 1. The SMILES string of the molecule is Cc1ccc(C)c(C(O)Cc2ccoc2)c1. The van der Waals surface area contributed by atoms with Crippen LogP contribution in [0.25, 0.3) is 0 Å². The Morgan fingerprint density at radius 3 is 2.75 bits per heavy atom. The first-order valence-electron chi connectivity index (χ1n) is 5.43. The summed E-state index contributed by atoms with van der Waals surface area (Å²) in [5, 5.41) is 10.2. The maximum Gasteiger partial charge on any atom is 0.0935 e. The fourth-order valence-corrected chi connectivity index (χ4v) is 1.86. The molecule has 0 spiro atoms. The zero-order chi connectivity index (χ0) is 11.5. The van der Waals surface area contributed by atoms with Gasteiger partial charge >= 0.3 is 0 Å². The summed E-state index contributed by atoms with van der Waals surface area (Å²) >= 11 is 0. The predicted molar refractivity (Wildman–Crippen MR) is 63.3 cm³/mol. The van der Waals surface area contributed by atoms with E-state index in [-0.39, 0.29) is 0 Å². The first-order valence-corrected chi connectivity index (χ1v) is 5.43. The zero-order valence-corrected chi connectivity index (χ0v) is 9.60. The van der Waals surface area contributed by atoms with Crippen molar-refractivity contribution in [2.45, 2.75) is 26.4 Å². The molecule has 0 fully saturated rings. The highest BCUT2D eigenvalue weighted by Crippen LogP contribution is 2.22. The monoisotopic (exact) mass is 216 g/mol. The molecule has 1 aromatic heterocycles. The Bertz CT molecular complexity index is 458. The van der Waals surface area contributed by atoms with E-state index >= 15 is 0 Å². The van der Waals surface area contributed by atoms with Gasteiger partial charge in [-0.1, -0.05) is 23.8 Å². The van der Waals surface area contributed by atoms with E-state index in [4.69, 9.17) is 4.42 Å². The van der Waals surface area contributed by atoms with Crippen LogP contribution in [0.3, 0.4) is 0 Å². The molecule has 1 atom stereocenters. The summed E-state index contributed by atoms with van der Waals surface area (Å²) in [7, 11) is 0. The van der Waals surface area contributed by atoms with Crippen molar-refractivity contribution >= 4 is 0 Å². The van der Waals surface area contributed by atoms with Gasteiger partial charge in [-0.05, 0) is 36.6 Å². The van der Waals surface area contributed by atoms with Crippen LogP contribution < -0.4 is 0 Å². The maximum absolute atomic E-state index is 10.2. The van der Waals surface area contributed by atoms with Gasteiger partial charge in [-0.25, -0.2) is 0 Å². The molecule has 2 nitrogen and oxygen atoms in total. The van der Waals surface area contributed by atoms with Crippen LogP contribution in [-0.4, -0.2) is 5.11 Å². The number of aryl methyl sites for hydroxylation is 2. The van der Waals surface area contributed by atoms with E-state index in [1.165, 1.54) is 5.56 Å². The second-order valence-electron chi connectivity index (χ2n) is 4.21. The average Bonchev–Trinajstić information content (AvgIpc) is 2.74. The van der Waals surface area contributed by atoms with Crippen LogP contribution in [0.1, 0.15) is 28.4 Å². The van der Waals surface area contributed by atoms with Crippen molar-refractivity contribution in [2.24, 2.45) is 0 Å². The lowest BCUT2D eigenvalue weighted by molar-refractivity contribution is 0.177. The van der Waals surface area contributed by atoms with Crippen LogP contribution in [0.15, 0.2) is 41.2 Å². The lowest BCUT2D eigenvalue weighted by Crippen LogP contribution is -2.03. The topological polar surface area (TPSA) is 33.4 Å². The minimum atomic E-state index is -0.461. The van der Waals surface area contributed by atoms with E-state index in [9.17, 15) is 5.11 Å². The summed E-state index contributed by atoms with van der Waals surface area (Å²) in [4.78, 5) is 0. The molecule has 2 heteroatoms. The highest BCUT2D eigenvalue weighted by molar-refractivity contribution is 5.33. The van der Waals surface area contributed by atoms with Gasteiger partial charge in [0.05, 0.1) is 18.6 Å². The highest BCUT2D eigenvalue weighted by atomic mass is 16.3. The molecule has 84 valence electrons. The fraction of sp³-hybridized carbons (Fsp3) is 0.286. The number of hydrogen-bond acceptors (Lipinski definition) is 2. The number of hydrogen-bond donors (Lipinski definition) is 1. The predicted octanol–water partition coefficient (Wildman–Crippen LogP) is 3.17. The van der Waals surface area contributed by atoms with Crippen LogP contribution >= 0.6 is 0 Å². The number of aliphatic hydroxyl groups is 1. The molecule has 1 heterocycles.